The number of ether oxygens (including phenoxy) is 2. The third kappa shape index (κ3) is 6.02. The van der Waals surface area contributed by atoms with E-state index in [0.29, 0.717) is 24.7 Å². The van der Waals surface area contributed by atoms with E-state index in [1.54, 1.807) is 36.7 Å². The lowest BCUT2D eigenvalue weighted by Gasteiger charge is -2.07. The molecule has 3 aromatic rings. The molecule has 0 unspecified atom stereocenters. The smallest absolute Gasteiger partial charge is 0.258 e. The number of benzene rings is 2. The van der Waals surface area contributed by atoms with E-state index >= 15 is 0 Å². The first kappa shape index (κ1) is 19.2. The van der Waals surface area contributed by atoms with Gasteiger partial charge in [0.2, 0.25) is 0 Å². The van der Waals surface area contributed by atoms with Crippen molar-refractivity contribution in [3.05, 3.63) is 78.3 Å². The summed E-state index contributed by atoms with van der Waals surface area (Å²) < 4.78 is 16.1. The van der Waals surface area contributed by atoms with E-state index in [9.17, 15) is 4.79 Å². The molecule has 0 bridgehead atoms. The molecule has 1 amide bonds. The molecule has 6 heteroatoms. The van der Waals surface area contributed by atoms with Crippen molar-refractivity contribution in [3.63, 3.8) is 0 Å². The van der Waals surface area contributed by atoms with Gasteiger partial charge in [-0.2, -0.15) is 0 Å². The molecule has 28 heavy (non-hydrogen) atoms. The topological polar surface area (TPSA) is 73.1 Å². The molecule has 0 radical (unpaired) electrons. The van der Waals surface area contributed by atoms with Crippen LogP contribution in [0.2, 0.25) is 0 Å². The maximum absolute atomic E-state index is 11.8. The van der Waals surface area contributed by atoms with Gasteiger partial charge in [-0.05, 0) is 73.2 Å². The minimum atomic E-state index is -0.211. The average Bonchev–Trinajstić information content (AvgIpc) is 3.25. The van der Waals surface area contributed by atoms with E-state index in [1.807, 2.05) is 43.3 Å². The van der Waals surface area contributed by atoms with Crippen LogP contribution in [0.4, 0.5) is 5.69 Å². The molecule has 0 aliphatic rings. The Labute approximate surface area is 163 Å². The monoisotopic (exact) mass is 378 g/mol. The van der Waals surface area contributed by atoms with Gasteiger partial charge in [0.15, 0.2) is 6.61 Å². The van der Waals surface area contributed by atoms with Crippen LogP contribution in [0.15, 0.2) is 76.3 Å². The van der Waals surface area contributed by atoms with Crippen LogP contribution in [0, 0.1) is 0 Å². The summed E-state index contributed by atoms with van der Waals surface area (Å²) in [6.45, 7) is 2.88. The van der Waals surface area contributed by atoms with Crippen LogP contribution < -0.4 is 14.8 Å². The van der Waals surface area contributed by atoms with Gasteiger partial charge in [0.05, 0.1) is 25.1 Å². The van der Waals surface area contributed by atoms with Gasteiger partial charge in [-0.15, -0.1) is 0 Å². The van der Waals surface area contributed by atoms with E-state index in [0.717, 1.165) is 17.0 Å². The van der Waals surface area contributed by atoms with Crippen LogP contribution in [0.3, 0.4) is 0 Å². The molecule has 0 fully saturated rings. The second kappa shape index (κ2) is 9.97. The van der Waals surface area contributed by atoms with Gasteiger partial charge in [0.25, 0.3) is 5.91 Å². The molecular weight excluding hydrogens is 356 g/mol. The van der Waals surface area contributed by atoms with Crippen molar-refractivity contribution in [2.75, 3.05) is 13.2 Å². The summed E-state index contributed by atoms with van der Waals surface area (Å²) in [6.07, 6.45) is 3.34. The lowest BCUT2D eigenvalue weighted by molar-refractivity contribution is -0.123. The Morgan fingerprint density at radius 1 is 1.04 bits per heavy atom. The van der Waals surface area contributed by atoms with Gasteiger partial charge < -0.3 is 19.2 Å². The Kier molecular flexibility index (Phi) is 6.84. The van der Waals surface area contributed by atoms with Crippen molar-refractivity contribution >= 4 is 17.8 Å². The second-order valence-electron chi connectivity index (χ2n) is 5.90. The van der Waals surface area contributed by atoms with E-state index in [4.69, 9.17) is 13.9 Å². The van der Waals surface area contributed by atoms with Crippen molar-refractivity contribution in [3.8, 4) is 11.5 Å². The van der Waals surface area contributed by atoms with Crippen LogP contribution in [0.1, 0.15) is 18.2 Å². The predicted octanol–water partition coefficient (Wildman–Crippen LogP) is 4.12. The van der Waals surface area contributed by atoms with Crippen LogP contribution in [-0.2, 0) is 11.3 Å². The third-order valence-corrected chi connectivity index (χ3v) is 3.80. The van der Waals surface area contributed by atoms with Crippen molar-refractivity contribution in [1.82, 2.24) is 5.32 Å². The highest BCUT2D eigenvalue weighted by atomic mass is 16.5. The number of nitrogens with one attached hydrogen (secondary N) is 1. The minimum Gasteiger partial charge on any atom is -0.494 e. The standard InChI is InChI=1S/C22H22N2O4/c1-2-26-19-11-7-18(8-12-19)23-14-17-5-9-20(10-6-17)28-16-22(25)24-15-21-4-3-13-27-21/h3-14H,2,15-16H2,1H3,(H,24,25). The van der Waals surface area contributed by atoms with E-state index in [-0.39, 0.29) is 12.5 Å². The Bertz CT molecular complexity index is 885. The summed E-state index contributed by atoms with van der Waals surface area (Å²) in [5.74, 6) is 1.93. The lowest BCUT2D eigenvalue weighted by Crippen LogP contribution is -2.28. The first-order valence-electron chi connectivity index (χ1n) is 9.02. The SMILES string of the molecule is CCOc1ccc(N=Cc2ccc(OCC(=O)NCc3ccco3)cc2)cc1. The molecule has 1 heterocycles. The molecule has 0 aliphatic heterocycles. The Morgan fingerprint density at radius 2 is 1.75 bits per heavy atom. The Hall–Kier alpha value is -3.54. The van der Waals surface area contributed by atoms with Crippen molar-refractivity contribution in [2.24, 2.45) is 4.99 Å². The highest BCUT2D eigenvalue weighted by Gasteiger charge is 2.04. The van der Waals surface area contributed by atoms with Gasteiger partial charge in [-0.1, -0.05) is 0 Å². The average molecular weight is 378 g/mol. The minimum absolute atomic E-state index is 0.0552. The first-order chi connectivity index (χ1) is 13.7. The van der Waals surface area contributed by atoms with Crippen molar-refractivity contribution in [2.45, 2.75) is 13.5 Å². The summed E-state index contributed by atoms with van der Waals surface area (Å²) in [4.78, 5) is 16.2. The fourth-order valence-corrected chi connectivity index (χ4v) is 2.39. The highest BCUT2D eigenvalue weighted by molar-refractivity contribution is 5.82. The van der Waals surface area contributed by atoms with Gasteiger partial charge in [0, 0.05) is 6.21 Å². The van der Waals surface area contributed by atoms with Gasteiger partial charge >= 0.3 is 0 Å². The maximum atomic E-state index is 11.8. The normalized spacial score (nSPS) is 10.8. The molecule has 6 nitrogen and oxygen atoms in total. The largest absolute Gasteiger partial charge is 0.494 e. The lowest BCUT2D eigenvalue weighted by atomic mass is 10.2. The fourth-order valence-electron chi connectivity index (χ4n) is 2.39. The van der Waals surface area contributed by atoms with E-state index < -0.39 is 0 Å². The fraction of sp³-hybridized carbons (Fsp3) is 0.182. The van der Waals surface area contributed by atoms with Gasteiger partial charge in [-0.3, -0.25) is 9.79 Å². The Balaban J connectivity index is 1.45. The van der Waals surface area contributed by atoms with Crippen molar-refractivity contribution in [1.29, 1.82) is 0 Å². The summed E-state index contributed by atoms with van der Waals surface area (Å²) in [7, 11) is 0. The molecule has 2 aromatic carbocycles. The summed E-state index contributed by atoms with van der Waals surface area (Å²) in [6, 6.07) is 18.5. The molecule has 144 valence electrons. The number of aliphatic imine (C=N–C) groups is 1. The predicted molar refractivity (Wildman–Crippen MR) is 107 cm³/mol. The number of hydrogen-bond acceptors (Lipinski definition) is 5. The van der Waals surface area contributed by atoms with E-state index in [2.05, 4.69) is 10.3 Å². The molecule has 0 spiro atoms. The number of amides is 1. The number of nitrogens with zero attached hydrogens (tertiary/aromatic N) is 1. The Morgan fingerprint density at radius 3 is 2.43 bits per heavy atom. The van der Waals surface area contributed by atoms with Crippen molar-refractivity contribution < 1.29 is 18.7 Å². The molecule has 1 N–H and O–H groups in total. The number of furan rings is 1. The molecule has 0 saturated heterocycles. The van der Waals surface area contributed by atoms with Crippen LogP contribution in [-0.4, -0.2) is 25.3 Å². The summed E-state index contributed by atoms with van der Waals surface area (Å²) >= 11 is 0. The highest BCUT2D eigenvalue weighted by Crippen LogP contribution is 2.18. The number of hydrogen-bond donors (Lipinski definition) is 1. The van der Waals surface area contributed by atoms with Crippen LogP contribution in [0.5, 0.6) is 11.5 Å². The molecule has 1 aromatic heterocycles. The number of rotatable bonds is 9. The first-order valence-corrected chi connectivity index (χ1v) is 9.02. The molecule has 0 atom stereocenters. The summed E-state index contributed by atoms with van der Waals surface area (Å²) in [5.41, 5.74) is 1.78. The zero-order valence-corrected chi connectivity index (χ0v) is 15.6. The maximum Gasteiger partial charge on any atom is 0.258 e. The van der Waals surface area contributed by atoms with E-state index in [1.165, 1.54) is 0 Å². The number of carbonyl (C=O) groups is 1. The quantitative estimate of drug-likeness (QED) is 0.569. The zero-order valence-electron chi connectivity index (χ0n) is 15.6. The summed E-state index contributed by atoms with van der Waals surface area (Å²) in [5, 5.41) is 2.73. The number of carbonyl (C=O) groups excluding carboxylic acids is 1. The third-order valence-electron chi connectivity index (χ3n) is 3.80. The second-order valence-corrected chi connectivity index (χ2v) is 5.90. The van der Waals surface area contributed by atoms with Crippen LogP contribution >= 0.6 is 0 Å². The van der Waals surface area contributed by atoms with Crippen LogP contribution in [0.25, 0.3) is 0 Å². The molecule has 0 aliphatic carbocycles. The van der Waals surface area contributed by atoms with Gasteiger partial charge in [0.1, 0.15) is 17.3 Å². The van der Waals surface area contributed by atoms with Gasteiger partial charge in [-0.25, -0.2) is 0 Å². The molecular formula is C22H22N2O4. The zero-order chi connectivity index (χ0) is 19.6. The molecule has 3 rings (SSSR count). The molecule has 0 saturated carbocycles.